The van der Waals surface area contributed by atoms with Crippen LogP contribution in [0.3, 0.4) is 0 Å². The van der Waals surface area contributed by atoms with Crippen molar-refractivity contribution < 1.29 is 9.32 Å². The molecule has 3 atom stereocenters. The summed E-state index contributed by atoms with van der Waals surface area (Å²) in [5, 5.41) is 11.8. The third kappa shape index (κ3) is 7.58. The van der Waals surface area contributed by atoms with E-state index in [-0.39, 0.29) is 15.6 Å². The zero-order valence-corrected chi connectivity index (χ0v) is 24.3. The molecule has 2 nitrogen and oxygen atoms in total. The summed E-state index contributed by atoms with van der Waals surface area (Å²) in [6, 6.07) is 4.34. The standard InChI is InChI=1S/C31H54O2S/c1-8-10-16-21-31(7)22-18-15-13-12-14-17-20-30(6,19-11-9-2)26-23-25(29(3,4)5)24-27(28(26)32)34(31)33/h23-24,32H,8-22H2,1-7H3. The van der Waals surface area contributed by atoms with Crippen LogP contribution in [0.4, 0.5) is 0 Å². The second-order valence-corrected chi connectivity index (χ2v) is 14.5. The molecule has 3 heteroatoms. The summed E-state index contributed by atoms with van der Waals surface area (Å²) in [6.07, 6.45) is 17.3. The second kappa shape index (κ2) is 12.9. The molecule has 1 N–H and O–H groups in total. The van der Waals surface area contributed by atoms with Gasteiger partial charge >= 0.3 is 0 Å². The highest BCUT2D eigenvalue weighted by atomic mass is 32.2. The van der Waals surface area contributed by atoms with E-state index in [1.54, 1.807) is 0 Å². The van der Waals surface area contributed by atoms with Crippen LogP contribution in [-0.4, -0.2) is 14.1 Å². The Morgan fingerprint density at radius 3 is 2.03 bits per heavy atom. The van der Waals surface area contributed by atoms with E-state index >= 15 is 0 Å². The van der Waals surface area contributed by atoms with E-state index in [0.717, 1.165) is 56.9 Å². The molecular weight excluding hydrogens is 436 g/mol. The minimum absolute atomic E-state index is 0.0584. The van der Waals surface area contributed by atoms with Gasteiger partial charge in [-0.2, -0.15) is 0 Å². The first-order valence-electron chi connectivity index (χ1n) is 14.3. The van der Waals surface area contributed by atoms with Crippen molar-refractivity contribution in [3.05, 3.63) is 23.3 Å². The van der Waals surface area contributed by atoms with Gasteiger partial charge in [-0.05, 0) is 55.1 Å². The Bertz CT molecular complexity index is 793. The van der Waals surface area contributed by atoms with Crippen molar-refractivity contribution in [1.82, 2.24) is 0 Å². The van der Waals surface area contributed by atoms with Gasteiger partial charge in [-0.15, -0.1) is 0 Å². The fourth-order valence-electron chi connectivity index (χ4n) is 5.65. The molecule has 1 aromatic rings. The summed E-state index contributed by atoms with van der Waals surface area (Å²) < 4.78 is 14.1. The molecule has 1 aromatic carbocycles. The molecule has 0 saturated heterocycles. The summed E-state index contributed by atoms with van der Waals surface area (Å²) in [5.74, 6) is 0.323. The molecule has 2 rings (SSSR count). The number of unbranched alkanes of at least 4 members (excludes halogenated alkanes) is 3. The molecule has 3 unspecified atom stereocenters. The number of hydrogen-bond acceptors (Lipinski definition) is 2. The predicted octanol–water partition coefficient (Wildman–Crippen LogP) is 9.72. The number of rotatable bonds is 7. The van der Waals surface area contributed by atoms with Crippen LogP contribution in [0.5, 0.6) is 5.75 Å². The van der Waals surface area contributed by atoms with E-state index in [0.29, 0.717) is 10.6 Å². The van der Waals surface area contributed by atoms with Crippen LogP contribution in [0.15, 0.2) is 17.0 Å². The SMILES string of the molecule is CCCCCC1(C)CCCCCCCCC(C)(CCCC)c2cc(C(C)(C)C)cc(c2O)S1=O. The maximum absolute atomic E-state index is 14.4. The van der Waals surface area contributed by atoms with Crippen LogP contribution in [-0.2, 0) is 21.6 Å². The van der Waals surface area contributed by atoms with E-state index in [2.05, 4.69) is 60.6 Å². The molecular formula is C31H54O2S. The molecule has 1 heterocycles. The van der Waals surface area contributed by atoms with Crippen molar-refractivity contribution in [1.29, 1.82) is 0 Å². The maximum Gasteiger partial charge on any atom is 0.135 e. The third-order valence-electron chi connectivity index (χ3n) is 8.31. The number of hydrogen-bond donors (Lipinski definition) is 1. The van der Waals surface area contributed by atoms with E-state index in [1.807, 2.05) is 0 Å². The fraction of sp³-hybridized carbons (Fsp3) is 0.806. The van der Waals surface area contributed by atoms with E-state index < -0.39 is 10.8 Å². The van der Waals surface area contributed by atoms with Crippen molar-refractivity contribution in [2.75, 3.05) is 0 Å². The zero-order chi connectivity index (χ0) is 25.4. The molecule has 0 fully saturated rings. The Labute approximate surface area is 214 Å². The highest BCUT2D eigenvalue weighted by molar-refractivity contribution is 7.86. The molecule has 0 radical (unpaired) electrons. The molecule has 34 heavy (non-hydrogen) atoms. The monoisotopic (exact) mass is 490 g/mol. The number of aromatic hydroxyl groups is 1. The van der Waals surface area contributed by atoms with Gasteiger partial charge in [0.15, 0.2) is 0 Å². The summed E-state index contributed by atoms with van der Waals surface area (Å²) in [4.78, 5) is 0.696. The van der Waals surface area contributed by atoms with Gasteiger partial charge in [0.2, 0.25) is 0 Å². The first kappa shape index (κ1) is 29.4. The summed E-state index contributed by atoms with van der Waals surface area (Å²) in [7, 11) is -1.24. The smallest absolute Gasteiger partial charge is 0.135 e. The van der Waals surface area contributed by atoms with Crippen LogP contribution < -0.4 is 0 Å². The predicted molar refractivity (Wildman–Crippen MR) is 150 cm³/mol. The largest absolute Gasteiger partial charge is 0.506 e. The Balaban J connectivity index is 2.69. The zero-order valence-electron chi connectivity index (χ0n) is 23.5. The lowest BCUT2D eigenvalue weighted by atomic mass is 9.72. The summed E-state index contributed by atoms with van der Waals surface area (Å²) in [6.45, 7) is 15.8. The molecule has 0 amide bonds. The van der Waals surface area contributed by atoms with Crippen molar-refractivity contribution >= 4 is 10.8 Å². The Morgan fingerprint density at radius 1 is 0.853 bits per heavy atom. The van der Waals surface area contributed by atoms with Crippen molar-refractivity contribution in [2.24, 2.45) is 0 Å². The van der Waals surface area contributed by atoms with Crippen LogP contribution in [0.1, 0.15) is 156 Å². The van der Waals surface area contributed by atoms with Crippen LogP contribution in [0.2, 0.25) is 0 Å². The number of phenolic OH excluding ortho intramolecular Hbond substituents is 1. The number of benzene rings is 1. The third-order valence-corrected chi connectivity index (χ3v) is 10.3. The highest BCUT2D eigenvalue weighted by Gasteiger charge is 2.37. The molecule has 1 aliphatic heterocycles. The Morgan fingerprint density at radius 2 is 1.44 bits per heavy atom. The Kier molecular flexibility index (Phi) is 11.2. The van der Waals surface area contributed by atoms with E-state index in [1.165, 1.54) is 50.5 Å². The van der Waals surface area contributed by atoms with Gasteiger partial charge in [-0.1, -0.05) is 118 Å². The molecule has 0 spiro atoms. The normalized spacial score (nSPS) is 27.3. The lowest BCUT2D eigenvalue weighted by molar-refractivity contribution is 0.343. The van der Waals surface area contributed by atoms with E-state index in [4.69, 9.17) is 0 Å². The molecule has 2 bridgehead atoms. The fourth-order valence-corrected chi connectivity index (χ4v) is 7.36. The quantitative estimate of drug-likeness (QED) is 0.386. The first-order valence-corrected chi connectivity index (χ1v) is 15.4. The molecule has 0 aromatic heterocycles. The van der Waals surface area contributed by atoms with Gasteiger partial charge < -0.3 is 5.11 Å². The van der Waals surface area contributed by atoms with Crippen molar-refractivity contribution in [2.45, 2.75) is 165 Å². The van der Waals surface area contributed by atoms with E-state index in [9.17, 15) is 9.32 Å². The van der Waals surface area contributed by atoms with Gasteiger partial charge in [0, 0.05) is 10.3 Å². The molecule has 1 aliphatic rings. The van der Waals surface area contributed by atoms with Gasteiger partial charge in [-0.3, -0.25) is 4.21 Å². The number of phenols is 1. The first-order chi connectivity index (χ1) is 16.0. The summed E-state index contributed by atoms with van der Waals surface area (Å²) in [5.41, 5.74) is 2.11. The topological polar surface area (TPSA) is 37.3 Å². The molecule has 196 valence electrons. The van der Waals surface area contributed by atoms with Crippen LogP contribution in [0.25, 0.3) is 0 Å². The maximum atomic E-state index is 14.4. The average Bonchev–Trinajstić information content (AvgIpc) is 2.78. The molecule has 0 saturated carbocycles. The Hall–Kier alpha value is -0.830. The van der Waals surface area contributed by atoms with Gasteiger partial charge in [0.25, 0.3) is 0 Å². The van der Waals surface area contributed by atoms with Crippen molar-refractivity contribution in [3.8, 4) is 5.75 Å². The minimum atomic E-state index is -1.24. The van der Waals surface area contributed by atoms with Crippen LogP contribution in [0, 0.1) is 0 Å². The van der Waals surface area contributed by atoms with Gasteiger partial charge in [0.1, 0.15) is 5.75 Å². The molecule has 0 aliphatic carbocycles. The second-order valence-electron chi connectivity index (χ2n) is 12.6. The average molecular weight is 491 g/mol. The number of fused-ring (bicyclic) bond motifs is 2. The van der Waals surface area contributed by atoms with Gasteiger partial charge in [0.05, 0.1) is 15.7 Å². The van der Waals surface area contributed by atoms with Crippen molar-refractivity contribution in [3.63, 3.8) is 0 Å². The lowest BCUT2D eigenvalue weighted by Crippen LogP contribution is -2.32. The summed E-state index contributed by atoms with van der Waals surface area (Å²) >= 11 is 0. The highest BCUT2D eigenvalue weighted by Crippen LogP contribution is 2.46. The minimum Gasteiger partial charge on any atom is -0.506 e. The van der Waals surface area contributed by atoms with Gasteiger partial charge in [-0.25, -0.2) is 0 Å². The lowest BCUT2D eigenvalue weighted by Gasteiger charge is -2.36. The van der Waals surface area contributed by atoms with Crippen LogP contribution >= 0.6 is 0 Å².